The number of carboxylic acid groups (broad SMARTS) is 1. The highest BCUT2D eigenvalue weighted by Crippen LogP contribution is 2.17. The van der Waals surface area contributed by atoms with Crippen LogP contribution in [0, 0.1) is 18.3 Å². The van der Waals surface area contributed by atoms with Gasteiger partial charge in [-0.3, -0.25) is 4.79 Å². The van der Waals surface area contributed by atoms with E-state index in [1.807, 2.05) is 26.0 Å². The Balaban J connectivity index is 2.77. The Hall–Kier alpha value is -2.02. The van der Waals surface area contributed by atoms with Crippen LogP contribution in [0.2, 0.25) is 0 Å². The van der Waals surface area contributed by atoms with Crippen molar-refractivity contribution in [3.63, 3.8) is 0 Å². The van der Waals surface area contributed by atoms with Gasteiger partial charge in [0.25, 0.3) is 0 Å². The Labute approximate surface area is 107 Å². The van der Waals surface area contributed by atoms with Gasteiger partial charge >= 0.3 is 5.97 Å². The van der Waals surface area contributed by atoms with Crippen LogP contribution < -0.4 is 5.32 Å². The molecule has 0 saturated heterocycles. The summed E-state index contributed by atoms with van der Waals surface area (Å²) in [5.74, 6) is -0.800. The summed E-state index contributed by atoms with van der Waals surface area (Å²) < 4.78 is 0. The first-order valence-electron chi connectivity index (χ1n) is 6.06. The molecule has 1 aromatic carbocycles. The number of hydrogen-bond donors (Lipinski definition) is 2. The fraction of sp³-hybridized carbons (Fsp3) is 0.429. The summed E-state index contributed by atoms with van der Waals surface area (Å²) in [6.07, 6.45) is 1.85. The lowest BCUT2D eigenvalue weighted by Crippen LogP contribution is -2.23. The predicted molar refractivity (Wildman–Crippen MR) is 70.5 cm³/mol. The number of nitriles is 1. The number of rotatable bonds is 6. The second-order valence-electron chi connectivity index (χ2n) is 4.37. The highest BCUT2D eigenvalue weighted by molar-refractivity contribution is 5.68. The molecule has 4 nitrogen and oxygen atoms in total. The van der Waals surface area contributed by atoms with Gasteiger partial charge < -0.3 is 10.4 Å². The van der Waals surface area contributed by atoms with Gasteiger partial charge in [-0.1, -0.05) is 13.3 Å². The third-order valence-corrected chi connectivity index (χ3v) is 2.78. The Kier molecular flexibility index (Phi) is 5.19. The number of hydrogen-bond acceptors (Lipinski definition) is 3. The van der Waals surface area contributed by atoms with Crippen molar-refractivity contribution >= 4 is 11.7 Å². The molecule has 2 N–H and O–H groups in total. The number of carbonyl (C=O) groups is 1. The van der Waals surface area contributed by atoms with Gasteiger partial charge in [-0.15, -0.1) is 0 Å². The van der Waals surface area contributed by atoms with E-state index >= 15 is 0 Å². The van der Waals surface area contributed by atoms with E-state index in [0.29, 0.717) is 5.56 Å². The normalized spacial score (nSPS) is 11.6. The number of aryl methyl sites for hydroxylation is 1. The van der Waals surface area contributed by atoms with E-state index < -0.39 is 5.97 Å². The highest BCUT2D eigenvalue weighted by atomic mass is 16.4. The molecule has 1 aromatic rings. The van der Waals surface area contributed by atoms with Crippen molar-refractivity contribution in [3.8, 4) is 6.07 Å². The monoisotopic (exact) mass is 246 g/mol. The smallest absolute Gasteiger partial charge is 0.305 e. The molecule has 0 aliphatic carbocycles. The Morgan fingerprint density at radius 1 is 1.56 bits per heavy atom. The van der Waals surface area contributed by atoms with Crippen molar-refractivity contribution in [1.82, 2.24) is 0 Å². The van der Waals surface area contributed by atoms with E-state index in [9.17, 15) is 4.79 Å². The lowest BCUT2D eigenvalue weighted by molar-refractivity contribution is -0.137. The maximum Gasteiger partial charge on any atom is 0.305 e. The molecule has 0 spiro atoms. The zero-order chi connectivity index (χ0) is 13.5. The molecule has 1 rings (SSSR count). The summed E-state index contributed by atoms with van der Waals surface area (Å²) in [6, 6.07) is 7.49. The van der Waals surface area contributed by atoms with E-state index in [0.717, 1.165) is 24.1 Å². The zero-order valence-electron chi connectivity index (χ0n) is 10.7. The molecule has 0 bridgehead atoms. The van der Waals surface area contributed by atoms with Gasteiger partial charge in [0.1, 0.15) is 0 Å². The number of anilines is 1. The molecule has 0 saturated carbocycles. The van der Waals surface area contributed by atoms with Crippen LogP contribution in [0.5, 0.6) is 0 Å². The third-order valence-electron chi connectivity index (χ3n) is 2.78. The molecule has 4 heteroatoms. The van der Waals surface area contributed by atoms with Crippen molar-refractivity contribution in [1.29, 1.82) is 5.26 Å². The molecule has 1 unspecified atom stereocenters. The molecular formula is C14H18N2O2. The molecule has 0 aliphatic rings. The zero-order valence-corrected chi connectivity index (χ0v) is 10.7. The van der Waals surface area contributed by atoms with Crippen molar-refractivity contribution in [2.75, 3.05) is 5.32 Å². The lowest BCUT2D eigenvalue weighted by atomic mass is 10.1. The van der Waals surface area contributed by atoms with Crippen LogP contribution in [0.15, 0.2) is 18.2 Å². The highest BCUT2D eigenvalue weighted by Gasteiger charge is 2.12. The summed E-state index contributed by atoms with van der Waals surface area (Å²) in [5.41, 5.74) is 2.41. The first-order valence-corrected chi connectivity index (χ1v) is 6.06. The average Bonchev–Trinajstić information content (AvgIpc) is 2.28. The molecule has 0 fully saturated rings. The fourth-order valence-corrected chi connectivity index (χ4v) is 1.90. The van der Waals surface area contributed by atoms with E-state index in [2.05, 4.69) is 11.4 Å². The van der Waals surface area contributed by atoms with Gasteiger partial charge in [0.15, 0.2) is 0 Å². The minimum Gasteiger partial charge on any atom is -0.481 e. The summed E-state index contributed by atoms with van der Waals surface area (Å²) in [7, 11) is 0. The molecule has 0 aliphatic heterocycles. The predicted octanol–water partition coefficient (Wildman–Crippen LogP) is 2.92. The summed E-state index contributed by atoms with van der Waals surface area (Å²) in [5, 5.41) is 20.9. The number of nitrogens with zero attached hydrogens (tertiary/aromatic N) is 1. The maximum atomic E-state index is 10.8. The summed E-state index contributed by atoms with van der Waals surface area (Å²) in [6.45, 7) is 3.90. The van der Waals surface area contributed by atoms with E-state index in [4.69, 9.17) is 10.4 Å². The van der Waals surface area contributed by atoms with Gasteiger partial charge in [0.2, 0.25) is 0 Å². The number of benzene rings is 1. The number of carboxylic acids is 1. The van der Waals surface area contributed by atoms with Crippen LogP contribution in [0.25, 0.3) is 0 Å². The van der Waals surface area contributed by atoms with Gasteiger partial charge in [0.05, 0.1) is 18.1 Å². The molecule has 1 atom stereocenters. The van der Waals surface area contributed by atoms with Crippen LogP contribution in [0.4, 0.5) is 5.69 Å². The van der Waals surface area contributed by atoms with Crippen LogP contribution >= 0.6 is 0 Å². The lowest BCUT2D eigenvalue weighted by Gasteiger charge is -2.18. The molecule has 0 amide bonds. The van der Waals surface area contributed by atoms with Gasteiger partial charge in [-0.05, 0) is 37.1 Å². The Bertz CT molecular complexity index is 463. The number of nitrogens with one attached hydrogen (secondary N) is 1. The van der Waals surface area contributed by atoms with Gasteiger partial charge in [-0.25, -0.2) is 0 Å². The molecular weight excluding hydrogens is 228 g/mol. The van der Waals surface area contributed by atoms with Crippen LogP contribution in [-0.4, -0.2) is 17.1 Å². The van der Waals surface area contributed by atoms with Crippen LogP contribution in [0.3, 0.4) is 0 Å². The van der Waals surface area contributed by atoms with Crippen LogP contribution in [-0.2, 0) is 4.79 Å². The fourth-order valence-electron chi connectivity index (χ4n) is 1.90. The Morgan fingerprint density at radius 2 is 2.28 bits per heavy atom. The SMILES string of the molecule is CCCC(CC(=O)O)Nc1ccc(C#N)c(C)c1. The number of aliphatic carboxylic acids is 1. The van der Waals surface area contributed by atoms with Gasteiger partial charge in [0, 0.05) is 11.7 Å². The molecule has 0 radical (unpaired) electrons. The first kappa shape index (κ1) is 14.0. The molecule has 18 heavy (non-hydrogen) atoms. The standard InChI is InChI=1S/C14H18N2O2/c1-3-4-12(8-14(17)18)16-13-6-5-11(9-15)10(2)7-13/h5-7,12,16H,3-4,8H2,1-2H3,(H,17,18). The molecule has 0 aromatic heterocycles. The van der Waals surface area contributed by atoms with Crippen LogP contribution in [0.1, 0.15) is 37.3 Å². The third kappa shape index (κ3) is 4.10. The molecule has 0 heterocycles. The van der Waals surface area contributed by atoms with E-state index in [1.165, 1.54) is 0 Å². The second-order valence-corrected chi connectivity index (χ2v) is 4.37. The first-order chi connectivity index (χ1) is 8.56. The maximum absolute atomic E-state index is 10.8. The second kappa shape index (κ2) is 6.65. The van der Waals surface area contributed by atoms with Crippen molar-refractivity contribution in [2.24, 2.45) is 0 Å². The van der Waals surface area contributed by atoms with Crippen molar-refractivity contribution in [3.05, 3.63) is 29.3 Å². The van der Waals surface area contributed by atoms with E-state index in [1.54, 1.807) is 6.07 Å². The largest absolute Gasteiger partial charge is 0.481 e. The topological polar surface area (TPSA) is 73.1 Å². The van der Waals surface area contributed by atoms with Crippen molar-refractivity contribution < 1.29 is 9.90 Å². The van der Waals surface area contributed by atoms with Crippen molar-refractivity contribution in [2.45, 2.75) is 39.2 Å². The minimum absolute atomic E-state index is 0.0696. The van der Waals surface area contributed by atoms with Gasteiger partial charge in [-0.2, -0.15) is 5.26 Å². The quantitative estimate of drug-likeness (QED) is 0.809. The summed E-state index contributed by atoms with van der Waals surface area (Å²) >= 11 is 0. The molecule has 96 valence electrons. The summed E-state index contributed by atoms with van der Waals surface area (Å²) in [4.78, 5) is 10.8. The average molecular weight is 246 g/mol. The Morgan fingerprint density at radius 3 is 2.78 bits per heavy atom. The minimum atomic E-state index is -0.800. The van der Waals surface area contributed by atoms with E-state index in [-0.39, 0.29) is 12.5 Å².